The van der Waals surface area contributed by atoms with E-state index in [1.165, 1.54) is 18.1 Å². The summed E-state index contributed by atoms with van der Waals surface area (Å²) in [6.07, 6.45) is 3.20. The van der Waals surface area contributed by atoms with Crippen LogP contribution in [0.25, 0.3) is 5.76 Å². The molecule has 1 saturated heterocycles. The minimum atomic E-state index is -0.851. The van der Waals surface area contributed by atoms with Gasteiger partial charge in [0.05, 0.1) is 23.7 Å². The maximum Gasteiger partial charge on any atom is 0.300 e. The van der Waals surface area contributed by atoms with Gasteiger partial charge in [-0.25, -0.2) is 0 Å². The van der Waals surface area contributed by atoms with Crippen LogP contribution >= 0.6 is 11.6 Å². The number of carbonyl (C=O) groups is 2. The van der Waals surface area contributed by atoms with Gasteiger partial charge in [0.15, 0.2) is 0 Å². The van der Waals surface area contributed by atoms with E-state index in [9.17, 15) is 14.7 Å². The van der Waals surface area contributed by atoms with E-state index in [-0.39, 0.29) is 16.7 Å². The summed E-state index contributed by atoms with van der Waals surface area (Å²) in [6, 6.07) is 14.8. The number of amides is 1. The molecule has 7 heteroatoms. The van der Waals surface area contributed by atoms with Gasteiger partial charge in [0.2, 0.25) is 0 Å². The summed E-state index contributed by atoms with van der Waals surface area (Å²) in [4.78, 5) is 32.1. The summed E-state index contributed by atoms with van der Waals surface area (Å²) in [7, 11) is 1.46. The summed E-state index contributed by atoms with van der Waals surface area (Å²) in [5.41, 5.74) is 2.47. The van der Waals surface area contributed by atoms with Gasteiger partial charge in [0.25, 0.3) is 11.7 Å². The number of nitrogens with zero attached hydrogens (tertiary/aromatic N) is 2. The van der Waals surface area contributed by atoms with E-state index < -0.39 is 17.7 Å². The lowest BCUT2D eigenvalue weighted by Crippen LogP contribution is -2.29. The Labute approximate surface area is 203 Å². The third kappa shape index (κ3) is 4.17. The Balaban J connectivity index is 1.90. The predicted molar refractivity (Wildman–Crippen MR) is 132 cm³/mol. The molecule has 2 heterocycles. The van der Waals surface area contributed by atoms with E-state index in [1.54, 1.807) is 36.7 Å². The molecular weight excluding hydrogens is 452 g/mol. The van der Waals surface area contributed by atoms with Crippen molar-refractivity contribution in [3.63, 3.8) is 0 Å². The van der Waals surface area contributed by atoms with Crippen molar-refractivity contribution in [2.45, 2.75) is 32.2 Å². The highest BCUT2D eigenvalue weighted by Crippen LogP contribution is 2.43. The molecule has 34 heavy (non-hydrogen) atoms. The van der Waals surface area contributed by atoms with Crippen LogP contribution in [0.5, 0.6) is 5.75 Å². The lowest BCUT2D eigenvalue weighted by atomic mass is 9.87. The van der Waals surface area contributed by atoms with Crippen LogP contribution in [0, 0.1) is 0 Å². The van der Waals surface area contributed by atoms with E-state index in [2.05, 4.69) is 25.8 Å². The number of hydrogen-bond donors (Lipinski definition) is 1. The Bertz CT molecular complexity index is 1280. The van der Waals surface area contributed by atoms with Gasteiger partial charge in [-0.05, 0) is 52.9 Å². The summed E-state index contributed by atoms with van der Waals surface area (Å²) >= 11 is 6.12. The minimum absolute atomic E-state index is 0.0257. The first-order chi connectivity index (χ1) is 16.1. The number of rotatable bonds is 4. The van der Waals surface area contributed by atoms with Crippen LogP contribution in [0.1, 0.15) is 43.5 Å². The maximum atomic E-state index is 13.3. The first-order valence-electron chi connectivity index (χ1n) is 10.8. The topological polar surface area (TPSA) is 79.7 Å². The monoisotopic (exact) mass is 476 g/mol. The van der Waals surface area contributed by atoms with E-state index >= 15 is 0 Å². The molecule has 1 aromatic heterocycles. The van der Waals surface area contributed by atoms with Gasteiger partial charge in [-0.15, -0.1) is 0 Å². The van der Waals surface area contributed by atoms with E-state index in [4.69, 9.17) is 16.3 Å². The zero-order valence-corrected chi connectivity index (χ0v) is 20.1. The van der Waals surface area contributed by atoms with E-state index in [0.717, 1.165) is 5.56 Å². The van der Waals surface area contributed by atoms with Gasteiger partial charge in [-0.2, -0.15) is 0 Å². The van der Waals surface area contributed by atoms with Crippen molar-refractivity contribution in [2.75, 3.05) is 12.0 Å². The lowest BCUT2D eigenvalue weighted by molar-refractivity contribution is -0.132. The molecule has 0 saturated carbocycles. The molecule has 1 unspecified atom stereocenters. The smallest absolute Gasteiger partial charge is 0.300 e. The number of carbonyl (C=O) groups excluding carboxylic acids is 2. The van der Waals surface area contributed by atoms with Crippen molar-refractivity contribution in [2.24, 2.45) is 0 Å². The lowest BCUT2D eigenvalue weighted by Gasteiger charge is -2.26. The van der Waals surface area contributed by atoms with Gasteiger partial charge in [-0.1, -0.05) is 50.6 Å². The molecule has 4 rings (SSSR count). The summed E-state index contributed by atoms with van der Waals surface area (Å²) < 4.78 is 5.25. The molecule has 174 valence electrons. The summed E-state index contributed by atoms with van der Waals surface area (Å²) in [5, 5.41) is 11.6. The first kappa shape index (κ1) is 23.5. The highest BCUT2D eigenvalue weighted by atomic mass is 35.5. The average molecular weight is 477 g/mol. The first-order valence-corrected chi connectivity index (χ1v) is 11.2. The van der Waals surface area contributed by atoms with Gasteiger partial charge >= 0.3 is 0 Å². The third-order valence-electron chi connectivity index (χ3n) is 5.88. The van der Waals surface area contributed by atoms with Crippen LogP contribution in [-0.2, 0) is 15.0 Å². The quantitative estimate of drug-likeness (QED) is 0.298. The summed E-state index contributed by atoms with van der Waals surface area (Å²) in [6.45, 7) is 6.30. The second-order valence-corrected chi connectivity index (χ2v) is 9.51. The SMILES string of the molecule is COc1cc(/C(O)=C2/C(=O)C(=O)N(c3ccc(C(C)(C)C)cc3)C2c2cccnc2)ccc1Cl. The zero-order chi connectivity index (χ0) is 24.6. The Hall–Kier alpha value is -3.64. The van der Waals surface area contributed by atoms with Gasteiger partial charge in [0, 0.05) is 23.6 Å². The third-order valence-corrected chi connectivity index (χ3v) is 6.19. The molecule has 0 bridgehead atoms. The molecule has 0 spiro atoms. The largest absolute Gasteiger partial charge is 0.507 e. The van der Waals surface area contributed by atoms with Crippen LogP contribution in [0.4, 0.5) is 5.69 Å². The zero-order valence-electron chi connectivity index (χ0n) is 19.4. The van der Waals surface area contributed by atoms with Crippen LogP contribution in [0.3, 0.4) is 0 Å². The Morgan fingerprint density at radius 2 is 1.79 bits per heavy atom. The number of aliphatic hydroxyl groups excluding tert-OH is 1. The fourth-order valence-electron chi connectivity index (χ4n) is 4.04. The molecular formula is C27H25ClN2O4. The van der Waals surface area contributed by atoms with Crippen molar-refractivity contribution < 1.29 is 19.4 Å². The van der Waals surface area contributed by atoms with Crippen molar-refractivity contribution in [3.05, 3.63) is 94.3 Å². The number of ether oxygens (including phenoxy) is 1. The number of anilines is 1. The average Bonchev–Trinajstić information content (AvgIpc) is 3.09. The number of pyridine rings is 1. The molecule has 3 aromatic rings. The maximum absolute atomic E-state index is 13.3. The Kier molecular flexibility index (Phi) is 6.19. The van der Waals surface area contributed by atoms with Crippen molar-refractivity contribution >= 4 is 34.7 Å². The van der Waals surface area contributed by atoms with Crippen molar-refractivity contribution in [1.82, 2.24) is 4.98 Å². The molecule has 1 amide bonds. The highest BCUT2D eigenvalue weighted by Gasteiger charge is 2.47. The predicted octanol–water partition coefficient (Wildman–Crippen LogP) is 5.67. The molecule has 1 N–H and O–H groups in total. The standard InChI is InChI=1S/C27H25ClN2O4/c1-27(2,3)18-8-10-19(11-9-18)30-23(17-6-5-13-29-15-17)22(25(32)26(30)33)24(31)16-7-12-20(28)21(14-16)34-4/h5-15,23,31H,1-4H3/b24-22-. The number of aromatic nitrogens is 1. The molecule has 1 aliphatic heterocycles. The van der Waals surface area contributed by atoms with Gasteiger partial charge in [-0.3, -0.25) is 19.5 Å². The molecule has 1 fully saturated rings. The van der Waals surface area contributed by atoms with Crippen molar-refractivity contribution in [3.8, 4) is 5.75 Å². The molecule has 1 atom stereocenters. The normalized spacial score (nSPS) is 17.8. The fourth-order valence-corrected chi connectivity index (χ4v) is 4.23. The summed E-state index contributed by atoms with van der Waals surface area (Å²) in [5.74, 6) is -1.47. The van der Waals surface area contributed by atoms with E-state index in [1.807, 2.05) is 24.3 Å². The highest BCUT2D eigenvalue weighted by molar-refractivity contribution is 6.51. The van der Waals surface area contributed by atoms with Gasteiger partial charge in [0.1, 0.15) is 11.5 Å². The van der Waals surface area contributed by atoms with Gasteiger partial charge < -0.3 is 9.84 Å². The van der Waals surface area contributed by atoms with Crippen LogP contribution in [0.2, 0.25) is 5.02 Å². The Morgan fingerprint density at radius 1 is 1.09 bits per heavy atom. The number of ketones is 1. The second-order valence-electron chi connectivity index (χ2n) is 9.10. The van der Waals surface area contributed by atoms with Crippen LogP contribution in [-0.4, -0.2) is 28.9 Å². The van der Waals surface area contributed by atoms with E-state index in [0.29, 0.717) is 27.6 Å². The number of Topliss-reactive ketones (excluding diaryl/α,β-unsaturated/α-hetero) is 1. The van der Waals surface area contributed by atoms with Crippen LogP contribution in [0.15, 0.2) is 72.6 Å². The van der Waals surface area contributed by atoms with Crippen molar-refractivity contribution in [1.29, 1.82) is 0 Å². The second kappa shape index (κ2) is 8.95. The molecule has 1 aliphatic rings. The molecule has 0 aliphatic carbocycles. The number of methoxy groups -OCH3 is 1. The number of aliphatic hydroxyl groups is 1. The molecule has 2 aromatic carbocycles. The number of hydrogen-bond acceptors (Lipinski definition) is 5. The number of benzene rings is 2. The molecule has 0 radical (unpaired) electrons. The fraction of sp³-hybridized carbons (Fsp3) is 0.222. The Morgan fingerprint density at radius 3 is 2.38 bits per heavy atom. The van der Waals surface area contributed by atoms with Crippen LogP contribution < -0.4 is 9.64 Å². The molecule has 6 nitrogen and oxygen atoms in total. The minimum Gasteiger partial charge on any atom is -0.507 e. The number of halogens is 1.